The summed E-state index contributed by atoms with van der Waals surface area (Å²) in [5, 5.41) is 0. The van der Waals surface area contributed by atoms with E-state index < -0.39 is 0 Å². The summed E-state index contributed by atoms with van der Waals surface area (Å²) in [6, 6.07) is 0. The highest BCUT2D eigenvalue weighted by molar-refractivity contribution is 4.74. The monoisotopic (exact) mass is 284 g/mol. The van der Waals surface area contributed by atoms with Gasteiger partial charge in [-0.05, 0) is 18.8 Å². The summed E-state index contributed by atoms with van der Waals surface area (Å²) in [5.74, 6) is 0.835. The molecule has 0 aromatic carbocycles. The first kappa shape index (κ1) is 18.0. The maximum absolute atomic E-state index is 5.72. The maximum Gasteiger partial charge on any atom is 0.0835 e. The summed E-state index contributed by atoms with van der Waals surface area (Å²) < 4.78 is 11.3. The number of hydrogen-bond donors (Lipinski definition) is 0. The number of rotatable bonds is 6. The van der Waals surface area contributed by atoms with E-state index in [0.29, 0.717) is 0 Å². The predicted octanol–water partition coefficient (Wildman–Crippen LogP) is 5.35. The van der Waals surface area contributed by atoms with Crippen LogP contribution in [0.2, 0.25) is 0 Å². The van der Waals surface area contributed by atoms with E-state index in [4.69, 9.17) is 9.47 Å². The van der Waals surface area contributed by atoms with Crippen LogP contribution in [0, 0.1) is 5.92 Å². The largest absolute Gasteiger partial charge is 0.379 e. The van der Waals surface area contributed by atoms with Gasteiger partial charge in [-0.15, -0.1) is 0 Å². The molecule has 0 saturated heterocycles. The average molecular weight is 284 g/mol. The third-order valence-corrected chi connectivity index (χ3v) is 4.96. The zero-order chi connectivity index (χ0) is 14.6. The molecule has 0 aromatic heterocycles. The Labute approximate surface area is 126 Å². The Hall–Kier alpha value is -0.0800. The highest BCUT2D eigenvalue weighted by Gasteiger charge is 2.23. The standard InChI is InChI=1S/C18H36O2/c1-4-17(19-2)18(20-3)15-16-13-11-9-7-5-6-8-10-12-14-16/h16-18H,4-15H2,1-3H3. The van der Waals surface area contributed by atoms with Gasteiger partial charge in [-0.25, -0.2) is 0 Å². The molecule has 0 aromatic rings. The quantitative estimate of drug-likeness (QED) is 0.655. The molecule has 1 aliphatic rings. The molecule has 1 rings (SSSR count). The average Bonchev–Trinajstić information content (AvgIpc) is 2.53. The van der Waals surface area contributed by atoms with Crippen LogP contribution in [0.5, 0.6) is 0 Å². The van der Waals surface area contributed by atoms with Crippen molar-refractivity contribution in [3.63, 3.8) is 0 Å². The van der Waals surface area contributed by atoms with Crippen molar-refractivity contribution in [1.82, 2.24) is 0 Å². The predicted molar refractivity (Wildman–Crippen MR) is 86.2 cm³/mol. The molecule has 20 heavy (non-hydrogen) atoms. The van der Waals surface area contributed by atoms with Gasteiger partial charge in [0.2, 0.25) is 0 Å². The van der Waals surface area contributed by atoms with E-state index in [2.05, 4.69) is 6.92 Å². The molecule has 2 nitrogen and oxygen atoms in total. The van der Waals surface area contributed by atoms with E-state index in [9.17, 15) is 0 Å². The highest BCUT2D eigenvalue weighted by atomic mass is 16.5. The van der Waals surface area contributed by atoms with Crippen molar-refractivity contribution < 1.29 is 9.47 Å². The lowest BCUT2D eigenvalue weighted by molar-refractivity contribution is -0.0490. The van der Waals surface area contributed by atoms with Gasteiger partial charge in [-0.1, -0.05) is 71.1 Å². The van der Waals surface area contributed by atoms with Crippen LogP contribution in [0.3, 0.4) is 0 Å². The van der Waals surface area contributed by atoms with Gasteiger partial charge in [-0.3, -0.25) is 0 Å². The van der Waals surface area contributed by atoms with Gasteiger partial charge in [0.05, 0.1) is 12.2 Å². The van der Waals surface area contributed by atoms with E-state index >= 15 is 0 Å². The van der Waals surface area contributed by atoms with Crippen molar-refractivity contribution in [2.45, 2.75) is 96.2 Å². The Morgan fingerprint density at radius 2 is 1.20 bits per heavy atom. The lowest BCUT2D eigenvalue weighted by atomic mass is 9.88. The van der Waals surface area contributed by atoms with Crippen LogP contribution in [0.15, 0.2) is 0 Å². The Bertz CT molecular complexity index is 201. The van der Waals surface area contributed by atoms with E-state index in [1.807, 2.05) is 14.2 Å². The minimum Gasteiger partial charge on any atom is -0.379 e. The molecule has 1 saturated carbocycles. The third-order valence-electron chi connectivity index (χ3n) is 4.96. The number of methoxy groups -OCH3 is 2. The van der Waals surface area contributed by atoms with Crippen molar-refractivity contribution in [3.8, 4) is 0 Å². The third kappa shape index (κ3) is 7.08. The van der Waals surface area contributed by atoms with Crippen molar-refractivity contribution >= 4 is 0 Å². The SMILES string of the molecule is CCC(OC)C(CC1CCCCCCCCCC1)OC. The minimum absolute atomic E-state index is 0.262. The minimum atomic E-state index is 0.262. The van der Waals surface area contributed by atoms with E-state index in [-0.39, 0.29) is 12.2 Å². The Balaban J connectivity index is 2.45. The van der Waals surface area contributed by atoms with Gasteiger partial charge in [0.1, 0.15) is 0 Å². The van der Waals surface area contributed by atoms with Crippen molar-refractivity contribution in [2.24, 2.45) is 5.92 Å². The Morgan fingerprint density at radius 1 is 0.750 bits per heavy atom. The summed E-state index contributed by atoms with van der Waals surface area (Å²) in [6.07, 6.45) is 17.0. The fourth-order valence-electron chi connectivity index (χ4n) is 3.62. The second-order valence-corrected chi connectivity index (χ2v) is 6.46. The molecular formula is C18H36O2. The zero-order valence-corrected chi connectivity index (χ0v) is 14.0. The zero-order valence-electron chi connectivity index (χ0n) is 14.0. The molecule has 0 heterocycles. The van der Waals surface area contributed by atoms with Crippen LogP contribution in [0.25, 0.3) is 0 Å². The molecule has 0 amide bonds. The molecule has 0 radical (unpaired) electrons. The van der Waals surface area contributed by atoms with Crippen LogP contribution < -0.4 is 0 Å². The molecular weight excluding hydrogens is 248 g/mol. The topological polar surface area (TPSA) is 18.5 Å². The molecule has 1 aliphatic carbocycles. The summed E-state index contributed by atoms with van der Waals surface area (Å²) in [6.45, 7) is 2.19. The van der Waals surface area contributed by atoms with Crippen molar-refractivity contribution in [2.75, 3.05) is 14.2 Å². The maximum atomic E-state index is 5.72. The lowest BCUT2D eigenvalue weighted by Gasteiger charge is -2.28. The second-order valence-electron chi connectivity index (χ2n) is 6.46. The van der Waals surface area contributed by atoms with Crippen LogP contribution in [0.4, 0.5) is 0 Å². The van der Waals surface area contributed by atoms with Gasteiger partial charge >= 0.3 is 0 Å². The van der Waals surface area contributed by atoms with Gasteiger partial charge in [0, 0.05) is 14.2 Å². The van der Waals surface area contributed by atoms with Crippen LogP contribution in [-0.4, -0.2) is 26.4 Å². The summed E-state index contributed by atoms with van der Waals surface area (Å²) in [7, 11) is 3.66. The van der Waals surface area contributed by atoms with Gasteiger partial charge in [0.25, 0.3) is 0 Å². The summed E-state index contributed by atoms with van der Waals surface area (Å²) >= 11 is 0. The van der Waals surface area contributed by atoms with E-state index in [0.717, 1.165) is 12.3 Å². The molecule has 2 heteroatoms. The van der Waals surface area contributed by atoms with Crippen LogP contribution in [-0.2, 0) is 9.47 Å². The van der Waals surface area contributed by atoms with Gasteiger partial charge in [0.15, 0.2) is 0 Å². The second kappa shape index (κ2) is 11.6. The Morgan fingerprint density at radius 3 is 1.60 bits per heavy atom. The van der Waals surface area contributed by atoms with Crippen molar-refractivity contribution in [1.29, 1.82) is 0 Å². The smallest absolute Gasteiger partial charge is 0.0835 e. The molecule has 0 aliphatic heterocycles. The first-order valence-electron chi connectivity index (χ1n) is 8.87. The highest BCUT2D eigenvalue weighted by Crippen LogP contribution is 2.27. The summed E-state index contributed by atoms with van der Waals surface area (Å²) in [5.41, 5.74) is 0. The normalized spacial score (nSPS) is 22.9. The van der Waals surface area contributed by atoms with Gasteiger partial charge < -0.3 is 9.47 Å². The molecule has 0 spiro atoms. The molecule has 1 fully saturated rings. The Kier molecular flexibility index (Phi) is 10.4. The van der Waals surface area contributed by atoms with E-state index in [1.54, 1.807) is 0 Å². The van der Waals surface area contributed by atoms with Gasteiger partial charge in [-0.2, -0.15) is 0 Å². The molecule has 2 unspecified atom stereocenters. The lowest BCUT2D eigenvalue weighted by Crippen LogP contribution is -2.31. The molecule has 120 valence electrons. The van der Waals surface area contributed by atoms with E-state index in [1.165, 1.54) is 70.6 Å². The van der Waals surface area contributed by atoms with Crippen LogP contribution in [0.1, 0.15) is 84.0 Å². The first-order valence-corrected chi connectivity index (χ1v) is 8.87. The summed E-state index contributed by atoms with van der Waals surface area (Å²) in [4.78, 5) is 0. The molecule has 0 bridgehead atoms. The number of ether oxygens (including phenoxy) is 2. The fourth-order valence-corrected chi connectivity index (χ4v) is 3.62. The fraction of sp³-hybridized carbons (Fsp3) is 1.00. The van der Waals surface area contributed by atoms with Crippen molar-refractivity contribution in [3.05, 3.63) is 0 Å². The van der Waals surface area contributed by atoms with Crippen LogP contribution >= 0.6 is 0 Å². The molecule has 0 N–H and O–H groups in total. The molecule has 2 atom stereocenters. The first-order chi connectivity index (χ1) is 9.81. The number of hydrogen-bond acceptors (Lipinski definition) is 2.